The van der Waals surface area contributed by atoms with Crippen molar-refractivity contribution in [3.8, 4) is 0 Å². The van der Waals surface area contributed by atoms with Crippen LogP contribution in [-0.2, 0) is 4.79 Å². The molecule has 1 saturated carbocycles. The Morgan fingerprint density at radius 1 is 1.11 bits per heavy atom. The number of carbonyl (C=O) groups is 1. The third-order valence-corrected chi connectivity index (χ3v) is 3.77. The van der Waals surface area contributed by atoms with E-state index in [2.05, 4.69) is 15.9 Å². The highest BCUT2D eigenvalue weighted by Gasteiger charge is 2.61. The van der Waals surface area contributed by atoms with Gasteiger partial charge in [-0.15, -0.1) is 0 Å². The topological polar surface area (TPSA) is 29.1 Å². The van der Waals surface area contributed by atoms with Crippen LogP contribution < -0.4 is 5.32 Å². The van der Waals surface area contributed by atoms with Crippen molar-refractivity contribution in [2.24, 2.45) is 5.92 Å². The second-order valence-electron chi connectivity index (χ2n) is 4.08. The molecule has 2 nitrogen and oxygen atoms in total. The predicted octanol–water partition coefficient (Wildman–Crippen LogP) is 3.16. The Morgan fingerprint density at radius 3 is 1.94 bits per heavy atom. The van der Waals surface area contributed by atoms with Gasteiger partial charge in [-0.1, -0.05) is 22.4 Å². The summed E-state index contributed by atoms with van der Waals surface area (Å²) in [4.78, 5) is 10.9. The van der Waals surface area contributed by atoms with Gasteiger partial charge >= 0.3 is 12.4 Å². The molecule has 18 heavy (non-hydrogen) atoms. The predicted molar refractivity (Wildman–Crippen MR) is 54.1 cm³/mol. The molecule has 0 aliphatic heterocycles. The van der Waals surface area contributed by atoms with E-state index in [0.717, 1.165) is 0 Å². The van der Waals surface area contributed by atoms with Gasteiger partial charge in [0.15, 0.2) is 0 Å². The van der Waals surface area contributed by atoms with Gasteiger partial charge in [0.1, 0.15) is 0 Å². The molecule has 0 spiro atoms. The van der Waals surface area contributed by atoms with Gasteiger partial charge in [-0.2, -0.15) is 26.3 Å². The lowest BCUT2D eigenvalue weighted by Gasteiger charge is -2.25. The molecule has 0 aromatic carbocycles. The fourth-order valence-electron chi connectivity index (χ4n) is 1.83. The molecular weight excluding hydrogens is 332 g/mol. The minimum absolute atomic E-state index is 0.288. The van der Waals surface area contributed by atoms with Crippen molar-refractivity contribution in [2.75, 3.05) is 0 Å². The molecular formula is C9H10BrF6NO. The number of halogens is 7. The molecule has 2 atom stereocenters. The number of amides is 1. The van der Waals surface area contributed by atoms with Crippen molar-refractivity contribution >= 4 is 21.8 Å². The number of nitrogens with one attached hydrogen (secondary N) is 1. The molecule has 1 N–H and O–H groups in total. The summed E-state index contributed by atoms with van der Waals surface area (Å²) in [7, 11) is 0. The lowest BCUT2D eigenvalue weighted by atomic mass is 10.1. The average Bonchev–Trinajstić information content (AvgIpc) is 2.45. The summed E-state index contributed by atoms with van der Waals surface area (Å²) in [5.41, 5.74) is 0. The van der Waals surface area contributed by atoms with E-state index in [1.54, 1.807) is 0 Å². The maximum atomic E-state index is 12.2. The van der Waals surface area contributed by atoms with Gasteiger partial charge in [-0.3, -0.25) is 4.79 Å². The summed E-state index contributed by atoms with van der Waals surface area (Å²) in [6.45, 7) is 0. The second kappa shape index (κ2) is 5.26. The Morgan fingerprint density at radius 2 is 1.61 bits per heavy atom. The van der Waals surface area contributed by atoms with Crippen molar-refractivity contribution < 1.29 is 31.1 Å². The molecule has 1 rings (SSSR count). The summed E-state index contributed by atoms with van der Waals surface area (Å²) < 4.78 is 73.5. The third-order valence-electron chi connectivity index (χ3n) is 2.68. The quantitative estimate of drug-likeness (QED) is 0.606. The molecule has 0 heterocycles. The van der Waals surface area contributed by atoms with Crippen LogP contribution in [0.4, 0.5) is 26.3 Å². The van der Waals surface area contributed by atoms with E-state index in [0.29, 0.717) is 19.3 Å². The molecule has 0 aromatic heterocycles. The lowest BCUT2D eigenvalue weighted by molar-refractivity contribution is -0.274. The Labute approximate surface area is 107 Å². The van der Waals surface area contributed by atoms with Crippen molar-refractivity contribution in [2.45, 2.75) is 42.5 Å². The first-order valence-electron chi connectivity index (χ1n) is 5.11. The van der Waals surface area contributed by atoms with Crippen molar-refractivity contribution in [1.82, 2.24) is 5.32 Å². The molecule has 1 aliphatic rings. The van der Waals surface area contributed by atoms with Crippen LogP contribution in [0, 0.1) is 5.92 Å². The van der Waals surface area contributed by atoms with Crippen molar-refractivity contribution in [3.05, 3.63) is 0 Å². The van der Waals surface area contributed by atoms with E-state index in [4.69, 9.17) is 0 Å². The summed E-state index contributed by atoms with van der Waals surface area (Å²) in [6, 6.07) is -0.690. The van der Waals surface area contributed by atoms with Gasteiger partial charge < -0.3 is 5.32 Å². The van der Waals surface area contributed by atoms with Gasteiger partial charge in [-0.25, -0.2) is 0 Å². The standard InChI is InChI=1S/C9H10BrF6NO/c10-4-2-1-3-5(4)17-7(18)6(8(11,12)13)9(14,15)16/h4-6H,1-3H2,(H,17,18). The fourth-order valence-corrected chi connectivity index (χ4v) is 2.55. The normalized spacial score (nSPS) is 25.6. The highest BCUT2D eigenvalue weighted by Crippen LogP contribution is 2.39. The van der Waals surface area contributed by atoms with Crippen LogP contribution in [0.3, 0.4) is 0 Å². The average molecular weight is 342 g/mol. The van der Waals surface area contributed by atoms with E-state index in [1.165, 1.54) is 0 Å². The van der Waals surface area contributed by atoms with Crippen LogP contribution >= 0.6 is 15.9 Å². The summed E-state index contributed by atoms with van der Waals surface area (Å²) in [6.07, 6.45) is -9.66. The molecule has 0 bridgehead atoms. The highest BCUT2D eigenvalue weighted by atomic mass is 79.9. The number of hydrogen-bond donors (Lipinski definition) is 1. The zero-order valence-electron chi connectivity index (χ0n) is 8.91. The van der Waals surface area contributed by atoms with Gasteiger partial charge in [0.25, 0.3) is 0 Å². The van der Waals surface area contributed by atoms with Crippen molar-refractivity contribution in [1.29, 1.82) is 0 Å². The van der Waals surface area contributed by atoms with Crippen LogP contribution in [-0.4, -0.2) is 29.1 Å². The first-order valence-corrected chi connectivity index (χ1v) is 6.03. The van der Waals surface area contributed by atoms with E-state index in [-0.39, 0.29) is 4.83 Å². The number of carbonyl (C=O) groups excluding carboxylic acids is 1. The monoisotopic (exact) mass is 341 g/mol. The molecule has 9 heteroatoms. The fraction of sp³-hybridized carbons (Fsp3) is 0.889. The van der Waals surface area contributed by atoms with E-state index in [9.17, 15) is 31.1 Å². The zero-order chi connectivity index (χ0) is 14.1. The maximum absolute atomic E-state index is 12.2. The number of hydrogen-bond acceptors (Lipinski definition) is 1. The van der Waals surface area contributed by atoms with Gasteiger partial charge in [0.05, 0.1) is 0 Å². The van der Waals surface area contributed by atoms with E-state index < -0.39 is 30.2 Å². The Kier molecular flexibility index (Phi) is 4.56. The van der Waals surface area contributed by atoms with Crippen LogP contribution in [0.5, 0.6) is 0 Å². The van der Waals surface area contributed by atoms with Gasteiger partial charge in [0.2, 0.25) is 11.8 Å². The molecule has 106 valence electrons. The number of alkyl halides is 7. The first kappa shape index (κ1) is 15.6. The minimum Gasteiger partial charge on any atom is -0.351 e. The zero-order valence-corrected chi connectivity index (χ0v) is 10.5. The molecule has 1 aliphatic carbocycles. The SMILES string of the molecule is O=C(NC1CCCC1Br)C(C(F)(F)F)C(F)(F)F. The smallest absolute Gasteiger partial charge is 0.351 e. The molecule has 0 saturated heterocycles. The third kappa shape index (κ3) is 3.76. The van der Waals surface area contributed by atoms with Crippen molar-refractivity contribution in [3.63, 3.8) is 0 Å². The summed E-state index contributed by atoms with van der Waals surface area (Å²) in [5, 5.41) is 1.82. The molecule has 1 fully saturated rings. The molecule has 0 aromatic rings. The van der Waals surface area contributed by atoms with Gasteiger partial charge in [-0.05, 0) is 12.8 Å². The molecule has 2 unspecified atom stereocenters. The first-order chi connectivity index (χ1) is 8.03. The van der Waals surface area contributed by atoms with E-state index >= 15 is 0 Å². The van der Waals surface area contributed by atoms with Crippen LogP contribution in [0.2, 0.25) is 0 Å². The summed E-state index contributed by atoms with van der Waals surface area (Å²) in [5.74, 6) is -6.00. The van der Waals surface area contributed by atoms with Crippen LogP contribution in [0.1, 0.15) is 19.3 Å². The maximum Gasteiger partial charge on any atom is 0.409 e. The Balaban J connectivity index is 2.78. The lowest BCUT2D eigenvalue weighted by Crippen LogP contribution is -2.51. The van der Waals surface area contributed by atoms with Crippen LogP contribution in [0.15, 0.2) is 0 Å². The molecule has 0 radical (unpaired) electrons. The van der Waals surface area contributed by atoms with Gasteiger partial charge in [0, 0.05) is 10.9 Å². The minimum atomic E-state index is -5.64. The number of rotatable bonds is 2. The second-order valence-corrected chi connectivity index (χ2v) is 5.25. The molecule has 1 amide bonds. The summed E-state index contributed by atoms with van der Waals surface area (Å²) >= 11 is 3.11. The van der Waals surface area contributed by atoms with E-state index in [1.807, 2.05) is 5.32 Å². The Hall–Kier alpha value is -0.470. The largest absolute Gasteiger partial charge is 0.409 e. The van der Waals surface area contributed by atoms with Crippen LogP contribution in [0.25, 0.3) is 0 Å². The Bertz CT molecular complexity index is 301. The highest BCUT2D eigenvalue weighted by molar-refractivity contribution is 9.09.